The van der Waals surface area contributed by atoms with E-state index in [1.165, 1.54) is 23.1 Å². The Kier molecular flexibility index (Phi) is 7.46. The second-order valence-electron chi connectivity index (χ2n) is 5.71. The fourth-order valence-electron chi connectivity index (χ4n) is 2.29. The smallest absolute Gasteiger partial charge is 0.234 e. The number of methoxy groups -OCH3 is 1. The van der Waals surface area contributed by atoms with Crippen LogP contribution in [-0.4, -0.2) is 29.7 Å². The Bertz CT molecular complexity index is 925. The van der Waals surface area contributed by atoms with Gasteiger partial charge in [-0.3, -0.25) is 9.59 Å². The summed E-state index contributed by atoms with van der Waals surface area (Å²) in [6.07, 6.45) is 0.235. The van der Waals surface area contributed by atoms with Gasteiger partial charge in [0.2, 0.25) is 11.8 Å². The Balaban J connectivity index is 1.42. The van der Waals surface area contributed by atoms with Gasteiger partial charge < -0.3 is 15.4 Å². The number of aromatic nitrogens is 1. The number of thioether (sulfide) groups is 1. The van der Waals surface area contributed by atoms with E-state index in [2.05, 4.69) is 15.6 Å². The number of nitrogens with one attached hydrogen (secondary N) is 2. The van der Waals surface area contributed by atoms with Crippen LogP contribution in [0.2, 0.25) is 0 Å². The number of thiophene rings is 1. The highest BCUT2D eigenvalue weighted by Gasteiger charge is 2.10. The molecule has 0 aliphatic rings. The molecule has 0 bridgehead atoms. The lowest BCUT2D eigenvalue weighted by Crippen LogP contribution is -2.24. The van der Waals surface area contributed by atoms with Gasteiger partial charge in [-0.25, -0.2) is 4.98 Å². The Morgan fingerprint density at radius 2 is 2.07 bits per heavy atom. The summed E-state index contributed by atoms with van der Waals surface area (Å²) in [6.45, 7) is 0.534. The predicted molar refractivity (Wildman–Crippen MR) is 114 cm³/mol. The van der Waals surface area contributed by atoms with E-state index in [0.717, 1.165) is 9.22 Å². The molecule has 28 heavy (non-hydrogen) atoms. The Labute approximate surface area is 175 Å². The van der Waals surface area contributed by atoms with Gasteiger partial charge in [-0.15, -0.1) is 22.7 Å². The van der Waals surface area contributed by atoms with Crippen LogP contribution in [0, 0.1) is 0 Å². The van der Waals surface area contributed by atoms with Crippen molar-refractivity contribution in [2.75, 3.05) is 18.2 Å². The number of amides is 2. The van der Waals surface area contributed by atoms with E-state index in [0.29, 0.717) is 23.7 Å². The second kappa shape index (κ2) is 10.3. The molecule has 0 atom stereocenters. The van der Waals surface area contributed by atoms with Crippen LogP contribution in [0.3, 0.4) is 0 Å². The molecule has 9 heteroatoms. The average molecular weight is 434 g/mol. The van der Waals surface area contributed by atoms with E-state index in [1.54, 1.807) is 30.6 Å². The molecule has 0 spiro atoms. The minimum atomic E-state index is -0.122. The van der Waals surface area contributed by atoms with Crippen molar-refractivity contribution in [3.05, 3.63) is 57.7 Å². The van der Waals surface area contributed by atoms with Crippen LogP contribution in [-0.2, 0) is 22.6 Å². The molecule has 0 unspecified atom stereocenters. The van der Waals surface area contributed by atoms with Gasteiger partial charge in [0, 0.05) is 22.0 Å². The van der Waals surface area contributed by atoms with Crippen molar-refractivity contribution in [1.29, 1.82) is 0 Å². The molecule has 1 aromatic carbocycles. The van der Waals surface area contributed by atoms with Crippen molar-refractivity contribution in [2.24, 2.45) is 0 Å². The molecule has 3 aromatic rings. The number of hydrogen-bond acceptors (Lipinski definition) is 7. The first-order chi connectivity index (χ1) is 13.6. The normalized spacial score (nSPS) is 10.5. The zero-order valence-electron chi connectivity index (χ0n) is 15.1. The molecule has 0 aliphatic heterocycles. The average Bonchev–Trinajstić information content (AvgIpc) is 3.37. The SMILES string of the molecule is COc1cccc(NC(=O)CSc2nc(CC(=O)NCc3cccs3)cs2)c1. The number of anilines is 1. The highest BCUT2D eigenvalue weighted by Crippen LogP contribution is 2.23. The minimum absolute atomic E-state index is 0.0639. The van der Waals surface area contributed by atoms with Crippen LogP contribution in [0.4, 0.5) is 5.69 Å². The second-order valence-corrected chi connectivity index (χ2v) is 8.82. The highest BCUT2D eigenvalue weighted by atomic mass is 32.2. The van der Waals surface area contributed by atoms with Gasteiger partial charge in [0.05, 0.1) is 31.5 Å². The quantitative estimate of drug-likeness (QED) is 0.502. The fourth-order valence-corrected chi connectivity index (χ4v) is 4.58. The lowest BCUT2D eigenvalue weighted by atomic mass is 10.3. The molecule has 146 valence electrons. The van der Waals surface area contributed by atoms with Crippen molar-refractivity contribution in [3.8, 4) is 5.75 Å². The van der Waals surface area contributed by atoms with Crippen LogP contribution in [0.15, 0.2) is 51.5 Å². The van der Waals surface area contributed by atoms with Crippen molar-refractivity contribution >= 4 is 51.9 Å². The van der Waals surface area contributed by atoms with Gasteiger partial charge in [-0.1, -0.05) is 23.9 Å². The first kappa shape index (κ1) is 20.4. The summed E-state index contributed by atoms with van der Waals surface area (Å²) >= 11 is 4.40. The monoisotopic (exact) mass is 433 g/mol. The van der Waals surface area contributed by atoms with Gasteiger partial charge in [0.1, 0.15) is 5.75 Å². The molecule has 0 fully saturated rings. The van der Waals surface area contributed by atoms with Crippen molar-refractivity contribution in [2.45, 2.75) is 17.3 Å². The van der Waals surface area contributed by atoms with Gasteiger partial charge in [-0.05, 0) is 23.6 Å². The number of benzene rings is 1. The van der Waals surface area contributed by atoms with Crippen LogP contribution in [0.25, 0.3) is 0 Å². The maximum Gasteiger partial charge on any atom is 0.234 e. The molecule has 0 aliphatic carbocycles. The summed E-state index contributed by atoms with van der Waals surface area (Å²) < 4.78 is 5.91. The number of hydrogen-bond donors (Lipinski definition) is 2. The third kappa shape index (κ3) is 6.36. The summed E-state index contributed by atoms with van der Waals surface area (Å²) in [5.41, 5.74) is 1.40. The van der Waals surface area contributed by atoms with Crippen LogP contribution < -0.4 is 15.4 Å². The molecule has 2 N–H and O–H groups in total. The zero-order valence-corrected chi connectivity index (χ0v) is 17.6. The van der Waals surface area contributed by atoms with Gasteiger partial charge in [0.15, 0.2) is 4.34 Å². The molecular weight excluding hydrogens is 414 g/mol. The maximum atomic E-state index is 12.1. The Morgan fingerprint density at radius 3 is 2.86 bits per heavy atom. The first-order valence-electron chi connectivity index (χ1n) is 8.42. The predicted octanol–water partition coefficient (Wildman–Crippen LogP) is 3.80. The van der Waals surface area contributed by atoms with Crippen LogP contribution in [0.5, 0.6) is 5.75 Å². The standard InChI is InChI=1S/C19H19N3O3S3/c1-25-15-5-2-4-13(8-15)21-18(24)12-28-19-22-14(11-27-19)9-17(23)20-10-16-6-3-7-26-16/h2-8,11H,9-10,12H2,1H3,(H,20,23)(H,21,24). The van der Waals surface area contributed by atoms with E-state index < -0.39 is 0 Å². The number of carbonyl (C=O) groups excluding carboxylic acids is 2. The Hall–Kier alpha value is -2.36. The molecule has 2 aromatic heterocycles. The summed E-state index contributed by atoms with van der Waals surface area (Å²) in [7, 11) is 1.58. The lowest BCUT2D eigenvalue weighted by molar-refractivity contribution is -0.120. The lowest BCUT2D eigenvalue weighted by Gasteiger charge is -2.06. The minimum Gasteiger partial charge on any atom is -0.497 e. The molecule has 0 saturated carbocycles. The summed E-state index contributed by atoms with van der Waals surface area (Å²) in [6, 6.07) is 11.1. The number of rotatable bonds is 9. The van der Waals surface area contributed by atoms with E-state index in [1.807, 2.05) is 35.0 Å². The van der Waals surface area contributed by atoms with Gasteiger partial charge >= 0.3 is 0 Å². The van der Waals surface area contributed by atoms with Crippen molar-refractivity contribution in [3.63, 3.8) is 0 Å². The largest absolute Gasteiger partial charge is 0.497 e. The topological polar surface area (TPSA) is 80.3 Å². The number of nitrogens with zero attached hydrogens (tertiary/aromatic N) is 1. The molecular formula is C19H19N3O3S3. The van der Waals surface area contributed by atoms with Crippen LogP contribution >= 0.6 is 34.4 Å². The number of thiazole rings is 1. The van der Waals surface area contributed by atoms with Gasteiger partial charge in [-0.2, -0.15) is 0 Å². The number of carbonyl (C=O) groups is 2. The molecule has 0 radical (unpaired) electrons. The van der Waals surface area contributed by atoms with E-state index in [4.69, 9.17) is 4.74 Å². The van der Waals surface area contributed by atoms with Crippen LogP contribution in [0.1, 0.15) is 10.6 Å². The molecule has 2 amide bonds. The summed E-state index contributed by atoms with van der Waals surface area (Å²) in [4.78, 5) is 29.7. The third-order valence-electron chi connectivity index (χ3n) is 3.59. The van der Waals surface area contributed by atoms with Crippen molar-refractivity contribution < 1.29 is 14.3 Å². The summed E-state index contributed by atoms with van der Waals surface area (Å²) in [5, 5.41) is 9.55. The van der Waals surface area contributed by atoms with Gasteiger partial charge in [0.25, 0.3) is 0 Å². The van der Waals surface area contributed by atoms with E-state index in [-0.39, 0.29) is 24.0 Å². The van der Waals surface area contributed by atoms with E-state index in [9.17, 15) is 9.59 Å². The number of ether oxygens (including phenoxy) is 1. The summed E-state index contributed by atoms with van der Waals surface area (Å²) in [5.74, 6) is 0.747. The fraction of sp³-hybridized carbons (Fsp3) is 0.211. The maximum absolute atomic E-state index is 12.1. The third-order valence-corrected chi connectivity index (χ3v) is 6.54. The zero-order chi connectivity index (χ0) is 19.8. The molecule has 0 saturated heterocycles. The highest BCUT2D eigenvalue weighted by molar-refractivity contribution is 8.01. The molecule has 3 rings (SSSR count). The van der Waals surface area contributed by atoms with E-state index >= 15 is 0 Å². The molecule has 2 heterocycles. The Morgan fingerprint density at radius 1 is 1.18 bits per heavy atom. The molecule has 6 nitrogen and oxygen atoms in total. The van der Waals surface area contributed by atoms with Crippen molar-refractivity contribution in [1.82, 2.24) is 10.3 Å². The first-order valence-corrected chi connectivity index (χ1v) is 11.2.